The molecule has 0 radical (unpaired) electrons. The van der Waals surface area contributed by atoms with Gasteiger partial charge in [-0.1, -0.05) is 0 Å². The van der Waals surface area contributed by atoms with E-state index in [0.717, 1.165) is 0 Å². The Balaban J connectivity index is 2.53. The van der Waals surface area contributed by atoms with Crippen LogP contribution in [0.3, 0.4) is 0 Å². The molecule has 0 fully saturated rings. The minimum absolute atomic E-state index is 0.0747. The van der Waals surface area contributed by atoms with E-state index in [1.54, 1.807) is 0 Å². The van der Waals surface area contributed by atoms with Gasteiger partial charge in [0.05, 0.1) is 11.0 Å². The first-order valence-electron chi connectivity index (χ1n) is 5.88. The first-order valence-corrected chi connectivity index (χ1v) is 6.29. The van der Waals surface area contributed by atoms with Crippen molar-refractivity contribution in [3.8, 4) is 11.5 Å². The summed E-state index contributed by atoms with van der Waals surface area (Å²) in [7, 11) is 0. The van der Waals surface area contributed by atoms with Gasteiger partial charge in [0.2, 0.25) is 0 Å². The van der Waals surface area contributed by atoms with E-state index >= 15 is 0 Å². The molecule has 1 heterocycles. The second-order valence-corrected chi connectivity index (χ2v) is 4.76. The number of fused-ring (bicyclic) bond motifs is 1. The van der Waals surface area contributed by atoms with Gasteiger partial charge in [-0.05, 0) is 12.2 Å². The number of aromatic amines is 2. The summed E-state index contributed by atoms with van der Waals surface area (Å²) in [6, 6.07) is 1.16. The van der Waals surface area contributed by atoms with Crippen LogP contribution in [0.15, 0.2) is 12.1 Å². The van der Waals surface area contributed by atoms with Crippen LogP contribution in [0.1, 0.15) is 0 Å². The molecule has 134 valence electrons. The van der Waals surface area contributed by atoms with E-state index < -0.39 is 36.6 Å². The van der Waals surface area contributed by atoms with Gasteiger partial charge in [0.25, 0.3) is 0 Å². The normalized spacial score (nSPS) is 13.1. The Hall–Kier alpha value is -2.05. The maximum Gasteiger partial charge on any atom is 0.461 e. The van der Waals surface area contributed by atoms with Gasteiger partial charge in [0.1, 0.15) is 0 Å². The number of rotatable bonds is 6. The molecule has 0 aliphatic heterocycles. The molecule has 4 nitrogen and oxygen atoms in total. The second kappa shape index (κ2) is 6.11. The molecule has 0 spiro atoms. The number of H-pyrrole nitrogens is 2. The number of aromatic nitrogens is 2. The van der Waals surface area contributed by atoms with Crippen LogP contribution in [0.5, 0.6) is 11.5 Å². The Morgan fingerprint density at radius 2 is 1.12 bits per heavy atom. The van der Waals surface area contributed by atoms with E-state index in [4.69, 9.17) is 0 Å². The van der Waals surface area contributed by atoms with Crippen LogP contribution in [0, 0.1) is 4.77 Å². The zero-order chi connectivity index (χ0) is 18.3. The van der Waals surface area contributed by atoms with Gasteiger partial charge in [0.15, 0.2) is 16.3 Å². The average molecular weight is 382 g/mol. The van der Waals surface area contributed by atoms with Gasteiger partial charge in [-0.15, -0.1) is 0 Å². The van der Waals surface area contributed by atoms with Crippen molar-refractivity contribution < 1.29 is 44.6 Å². The van der Waals surface area contributed by atoms with Crippen molar-refractivity contribution in [3.63, 3.8) is 0 Å². The van der Waals surface area contributed by atoms with E-state index in [2.05, 4.69) is 31.7 Å². The lowest BCUT2D eigenvalue weighted by Gasteiger charge is -2.22. The average Bonchev–Trinajstić information content (AvgIpc) is 2.77. The quantitative estimate of drug-likeness (QED) is 0.563. The summed E-state index contributed by atoms with van der Waals surface area (Å²) in [5.41, 5.74) is -0.180. The third-order valence-corrected chi connectivity index (χ3v) is 2.78. The third kappa shape index (κ3) is 3.71. The molecular formula is C11H6F8N2O2S. The lowest BCUT2D eigenvalue weighted by molar-refractivity contribution is -0.264. The van der Waals surface area contributed by atoms with Crippen molar-refractivity contribution in [2.75, 3.05) is 0 Å². The number of nitrogens with one attached hydrogen (secondary N) is 2. The van der Waals surface area contributed by atoms with Crippen LogP contribution in [0.2, 0.25) is 0 Å². The number of hydrogen-bond donors (Lipinski definition) is 2. The monoisotopic (exact) mass is 382 g/mol. The number of ether oxygens (including phenoxy) is 2. The molecule has 0 aliphatic rings. The molecule has 0 bridgehead atoms. The fourth-order valence-electron chi connectivity index (χ4n) is 1.58. The van der Waals surface area contributed by atoms with Crippen LogP contribution in [-0.4, -0.2) is 35.0 Å². The molecule has 1 aromatic carbocycles. The molecule has 0 unspecified atom stereocenters. The number of hydrogen-bond acceptors (Lipinski definition) is 3. The Morgan fingerprint density at radius 3 is 1.42 bits per heavy atom. The van der Waals surface area contributed by atoms with Crippen molar-refractivity contribution in [2.24, 2.45) is 0 Å². The van der Waals surface area contributed by atoms with Crippen LogP contribution in [-0.2, 0) is 0 Å². The van der Waals surface area contributed by atoms with Crippen molar-refractivity contribution in [1.82, 2.24) is 9.97 Å². The highest BCUT2D eigenvalue weighted by molar-refractivity contribution is 7.71. The van der Waals surface area contributed by atoms with Gasteiger partial charge < -0.3 is 19.4 Å². The predicted molar refractivity (Wildman–Crippen MR) is 66.6 cm³/mol. The van der Waals surface area contributed by atoms with E-state index in [-0.39, 0.29) is 15.8 Å². The Kier molecular flexibility index (Phi) is 4.65. The van der Waals surface area contributed by atoms with Crippen LogP contribution >= 0.6 is 12.2 Å². The van der Waals surface area contributed by atoms with Gasteiger partial charge in [-0.2, -0.15) is 35.1 Å². The molecule has 2 aromatic rings. The second-order valence-electron chi connectivity index (χ2n) is 4.35. The zero-order valence-electron chi connectivity index (χ0n) is 11.1. The molecule has 0 saturated carbocycles. The summed E-state index contributed by atoms with van der Waals surface area (Å²) in [4.78, 5) is 4.76. The van der Waals surface area contributed by atoms with Crippen LogP contribution < -0.4 is 9.47 Å². The number of alkyl halides is 8. The highest BCUT2D eigenvalue weighted by Crippen LogP contribution is 2.40. The first kappa shape index (κ1) is 18.3. The van der Waals surface area contributed by atoms with Crippen molar-refractivity contribution in [2.45, 2.75) is 25.1 Å². The molecule has 2 N–H and O–H groups in total. The smallest absolute Gasteiger partial charge is 0.424 e. The zero-order valence-corrected chi connectivity index (χ0v) is 11.9. The summed E-state index contributed by atoms with van der Waals surface area (Å²) < 4.78 is 108. The number of benzene rings is 1. The molecular weight excluding hydrogens is 376 g/mol. The lowest BCUT2D eigenvalue weighted by Crippen LogP contribution is -2.35. The minimum Gasteiger partial charge on any atom is -0.424 e. The molecule has 2 rings (SSSR count). The van der Waals surface area contributed by atoms with Gasteiger partial charge >= 0.3 is 25.1 Å². The predicted octanol–water partition coefficient (Wildman–Crippen LogP) is 4.70. The molecule has 0 amide bonds. The molecule has 1 aromatic heterocycles. The molecule has 13 heteroatoms. The molecule has 24 heavy (non-hydrogen) atoms. The molecule has 0 atom stereocenters. The first-order chi connectivity index (χ1) is 10.9. The SMILES string of the molecule is FC(F)C(F)(F)Oc1cc2[nH]c(=S)[nH]c2cc1OC(F)(F)C(F)F. The van der Waals surface area contributed by atoms with E-state index in [0.29, 0.717) is 12.1 Å². The van der Waals surface area contributed by atoms with Crippen LogP contribution in [0.25, 0.3) is 11.0 Å². The number of halogens is 8. The maximum absolute atomic E-state index is 13.0. The van der Waals surface area contributed by atoms with Crippen LogP contribution in [0.4, 0.5) is 35.1 Å². The fourth-order valence-corrected chi connectivity index (χ4v) is 1.80. The van der Waals surface area contributed by atoms with Gasteiger partial charge in [-0.25, -0.2) is 0 Å². The highest BCUT2D eigenvalue weighted by Gasteiger charge is 2.47. The Morgan fingerprint density at radius 1 is 0.792 bits per heavy atom. The lowest BCUT2D eigenvalue weighted by atomic mass is 10.2. The summed E-state index contributed by atoms with van der Waals surface area (Å²) in [5.74, 6) is -2.61. The van der Waals surface area contributed by atoms with E-state index in [1.165, 1.54) is 0 Å². The number of imidazole rings is 1. The Labute approximate surface area is 132 Å². The largest absolute Gasteiger partial charge is 0.461 e. The fraction of sp³-hybridized carbons (Fsp3) is 0.364. The third-order valence-electron chi connectivity index (χ3n) is 2.58. The van der Waals surface area contributed by atoms with Crippen molar-refractivity contribution in [3.05, 3.63) is 16.9 Å². The van der Waals surface area contributed by atoms with E-state index in [9.17, 15) is 35.1 Å². The molecule has 0 aliphatic carbocycles. The summed E-state index contributed by atoms with van der Waals surface area (Å²) >= 11 is 4.67. The summed E-state index contributed by atoms with van der Waals surface area (Å²) in [6.45, 7) is 0. The summed E-state index contributed by atoms with van der Waals surface area (Å²) in [5, 5.41) is 0. The molecule has 0 saturated heterocycles. The standard InChI is InChI=1S/C11H6F8N2O2S/c12-7(13)10(16,17)22-5-1-3-4(21-9(24)20-3)2-6(5)23-11(18,19)8(14)15/h1-2,7-8H,(H2,20,21,24). The topological polar surface area (TPSA) is 50.0 Å². The summed E-state index contributed by atoms with van der Waals surface area (Å²) in [6.07, 6.45) is -18.7. The van der Waals surface area contributed by atoms with Gasteiger partial charge in [0, 0.05) is 12.1 Å². The minimum atomic E-state index is -5.07. The van der Waals surface area contributed by atoms with Crippen molar-refractivity contribution in [1.29, 1.82) is 0 Å². The highest BCUT2D eigenvalue weighted by atomic mass is 32.1. The van der Waals surface area contributed by atoms with E-state index in [1.807, 2.05) is 0 Å². The maximum atomic E-state index is 13.0. The van der Waals surface area contributed by atoms with Crippen molar-refractivity contribution >= 4 is 23.3 Å². The Bertz CT molecular complexity index is 726. The van der Waals surface area contributed by atoms with Gasteiger partial charge in [-0.3, -0.25) is 0 Å².